The second-order valence-corrected chi connectivity index (χ2v) is 9.35. The molecule has 2 atom stereocenters. The van der Waals surface area contributed by atoms with Crippen LogP contribution in [0.1, 0.15) is 56.9 Å². The molecule has 154 valence electrons. The van der Waals surface area contributed by atoms with Gasteiger partial charge in [0.1, 0.15) is 5.75 Å². The Morgan fingerprint density at radius 1 is 1.07 bits per heavy atom. The zero-order valence-corrected chi connectivity index (χ0v) is 17.3. The number of ether oxygens (including phenoxy) is 1. The van der Waals surface area contributed by atoms with E-state index in [4.69, 9.17) is 10.5 Å². The number of likely N-dealkylation sites (tertiary alicyclic amines) is 1. The molecule has 0 aromatic heterocycles. The molecule has 2 saturated carbocycles. The minimum absolute atomic E-state index is 0.242. The van der Waals surface area contributed by atoms with Crippen molar-refractivity contribution < 1.29 is 9.53 Å². The van der Waals surface area contributed by atoms with Gasteiger partial charge in [-0.1, -0.05) is 18.6 Å². The van der Waals surface area contributed by atoms with E-state index in [1.165, 1.54) is 31.2 Å². The van der Waals surface area contributed by atoms with Crippen molar-refractivity contribution in [2.24, 2.45) is 29.4 Å². The molecule has 2 bridgehead atoms. The van der Waals surface area contributed by atoms with E-state index >= 15 is 0 Å². The first-order chi connectivity index (χ1) is 13.6. The summed E-state index contributed by atoms with van der Waals surface area (Å²) in [4.78, 5) is 15.3. The molecule has 1 heterocycles. The minimum Gasteiger partial charge on any atom is -0.497 e. The van der Waals surface area contributed by atoms with E-state index < -0.39 is 0 Å². The summed E-state index contributed by atoms with van der Waals surface area (Å²) in [5, 5.41) is 0. The maximum Gasteiger partial charge on any atom is 0.225 e. The van der Waals surface area contributed by atoms with Crippen molar-refractivity contribution in [1.29, 1.82) is 0 Å². The van der Waals surface area contributed by atoms with Crippen LogP contribution in [0.25, 0.3) is 0 Å². The van der Waals surface area contributed by atoms with Crippen LogP contribution in [0.3, 0.4) is 0 Å². The predicted octanol–water partition coefficient (Wildman–Crippen LogP) is 4.02. The van der Waals surface area contributed by atoms with Gasteiger partial charge in [0.05, 0.1) is 7.11 Å². The fourth-order valence-electron chi connectivity index (χ4n) is 5.85. The summed E-state index contributed by atoms with van der Waals surface area (Å²) in [5.74, 6) is 3.50. The first-order valence-corrected chi connectivity index (χ1v) is 11.3. The highest BCUT2D eigenvalue weighted by Gasteiger charge is 2.41. The Kier molecular flexibility index (Phi) is 6.25. The molecule has 0 radical (unpaired) electrons. The standard InChI is InChI=1S/C24H36N2O2/c1-28-22-9-7-17(8-10-22)5-6-18-11-13-26(14-12-18)24(27)21-15-19-3-2-4-20(16-21)23(19)25/h7-10,18-21,23H,2-6,11-16,25H2,1H3. The Hall–Kier alpha value is -1.55. The van der Waals surface area contributed by atoms with E-state index in [0.29, 0.717) is 23.8 Å². The van der Waals surface area contributed by atoms with Gasteiger partial charge in [0.15, 0.2) is 0 Å². The molecule has 3 aliphatic rings. The molecule has 0 spiro atoms. The van der Waals surface area contributed by atoms with Crippen LogP contribution < -0.4 is 10.5 Å². The van der Waals surface area contributed by atoms with Gasteiger partial charge in [-0.05, 0) is 86.8 Å². The van der Waals surface area contributed by atoms with Crippen molar-refractivity contribution in [2.75, 3.05) is 20.2 Å². The van der Waals surface area contributed by atoms with E-state index in [1.54, 1.807) is 7.11 Å². The fraction of sp³-hybridized carbons (Fsp3) is 0.708. The lowest BCUT2D eigenvalue weighted by Crippen LogP contribution is -2.50. The van der Waals surface area contributed by atoms with Gasteiger partial charge in [-0.15, -0.1) is 0 Å². The number of hydrogen-bond donors (Lipinski definition) is 1. The first kappa shape index (κ1) is 19.8. The van der Waals surface area contributed by atoms with Crippen LogP contribution in [-0.2, 0) is 11.2 Å². The summed E-state index contributed by atoms with van der Waals surface area (Å²) in [6, 6.07) is 8.77. The van der Waals surface area contributed by atoms with Gasteiger partial charge < -0.3 is 15.4 Å². The van der Waals surface area contributed by atoms with Crippen LogP contribution in [0.4, 0.5) is 0 Å². The number of nitrogens with two attached hydrogens (primary N) is 1. The Morgan fingerprint density at radius 2 is 1.71 bits per heavy atom. The maximum atomic E-state index is 13.1. The lowest BCUT2D eigenvalue weighted by Gasteiger charge is -2.45. The summed E-state index contributed by atoms with van der Waals surface area (Å²) >= 11 is 0. The third-order valence-electron chi connectivity index (χ3n) is 7.69. The second-order valence-electron chi connectivity index (χ2n) is 9.35. The number of piperidine rings is 1. The Morgan fingerprint density at radius 3 is 2.32 bits per heavy atom. The zero-order chi connectivity index (χ0) is 19.5. The summed E-state index contributed by atoms with van der Waals surface area (Å²) in [6.07, 6.45) is 10.5. The summed E-state index contributed by atoms with van der Waals surface area (Å²) in [7, 11) is 1.71. The van der Waals surface area contributed by atoms with Crippen molar-refractivity contribution in [2.45, 2.75) is 63.8 Å². The normalized spacial score (nSPS) is 30.9. The van der Waals surface area contributed by atoms with Crippen molar-refractivity contribution in [3.8, 4) is 5.75 Å². The smallest absolute Gasteiger partial charge is 0.225 e. The Labute approximate surface area is 169 Å². The third kappa shape index (κ3) is 4.37. The van der Waals surface area contributed by atoms with Gasteiger partial charge >= 0.3 is 0 Å². The third-order valence-corrected chi connectivity index (χ3v) is 7.69. The number of nitrogens with zero attached hydrogens (tertiary/aromatic N) is 1. The summed E-state index contributed by atoms with van der Waals surface area (Å²) in [6.45, 7) is 1.90. The van der Waals surface area contributed by atoms with Gasteiger partial charge in [-0.25, -0.2) is 0 Å². The number of amides is 1. The molecule has 2 unspecified atom stereocenters. The number of methoxy groups -OCH3 is 1. The number of carbonyl (C=O) groups is 1. The van der Waals surface area contributed by atoms with Crippen LogP contribution in [0.15, 0.2) is 24.3 Å². The number of fused-ring (bicyclic) bond motifs is 2. The Bertz CT molecular complexity index is 637. The molecule has 4 rings (SSSR count). The van der Waals surface area contributed by atoms with Gasteiger partial charge in [0, 0.05) is 25.0 Å². The molecule has 2 N–H and O–H groups in total. The van der Waals surface area contributed by atoms with Gasteiger partial charge in [-0.3, -0.25) is 4.79 Å². The van der Waals surface area contributed by atoms with Crippen molar-refractivity contribution >= 4 is 5.91 Å². The highest BCUT2D eigenvalue weighted by atomic mass is 16.5. The average molecular weight is 385 g/mol. The molecule has 1 amide bonds. The van der Waals surface area contributed by atoms with E-state index in [9.17, 15) is 4.79 Å². The topological polar surface area (TPSA) is 55.6 Å². The first-order valence-electron chi connectivity index (χ1n) is 11.3. The molecule has 4 heteroatoms. The molecular formula is C24H36N2O2. The summed E-state index contributed by atoms with van der Waals surface area (Å²) < 4.78 is 5.23. The van der Waals surface area contributed by atoms with Crippen LogP contribution in [0.2, 0.25) is 0 Å². The number of rotatable bonds is 5. The molecule has 1 saturated heterocycles. The van der Waals surface area contributed by atoms with Crippen LogP contribution in [0, 0.1) is 23.7 Å². The van der Waals surface area contributed by atoms with E-state index in [1.807, 2.05) is 12.1 Å². The van der Waals surface area contributed by atoms with Gasteiger partial charge in [0.2, 0.25) is 5.91 Å². The van der Waals surface area contributed by atoms with Crippen molar-refractivity contribution in [3.63, 3.8) is 0 Å². The van der Waals surface area contributed by atoms with Gasteiger partial charge in [0.25, 0.3) is 0 Å². The molecule has 3 fully saturated rings. The molecule has 1 aromatic rings. The monoisotopic (exact) mass is 384 g/mol. The quantitative estimate of drug-likeness (QED) is 0.834. The molecule has 1 aliphatic heterocycles. The van der Waals surface area contributed by atoms with E-state index in [0.717, 1.165) is 56.9 Å². The number of benzene rings is 1. The largest absolute Gasteiger partial charge is 0.497 e. The highest BCUT2D eigenvalue weighted by molar-refractivity contribution is 5.79. The van der Waals surface area contributed by atoms with Gasteiger partial charge in [-0.2, -0.15) is 0 Å². The Balaban J connectivity index is 1.23. The number of aryl methyl sites for hydroxylation is 1. The SMILES string of the molecule is COc1ccc(CCC2CCN(C(=O)C3CC4CCCC(C3)C4N)CC2)cc1. The van der Waals surface area contributed by atoms with Crippen LogP contribution >= 0.6 is 0 Å². The lowest BCUT2D eigenvalue weighted by molar-refractivity contribution is -0.140. The molecule has 1 aromatic carbocycles. The summed E-state index contributed by atoms with van der Waals surface area (Å²) in [5.41, 5.74) is 7.79. The zero-order valence-electron chi connectivity index (χ0n) is 17.3. The van der Waals surface area contributed by atoms with E-state index in [-0.39, 0.29) is 5.92 Å². The minimum atomic E-state index is 0.242. The van der Waals surface area contributed by atoms with E-state index in [2.05, 4.69) is 17.0 Å². The fourth-order valence-corrected chi connectivity index (χ4v) is 5.85. The molecule has 28 heavy (non-hydrogen) atoms. The second kappa shape index (κ2) is 8.86. The predicted molar refractivity (Wildman–Crippen MR) is 112 cm³/mol. The maximum absolute atomic E-state index is 13.1. The van der Waals surface area contributed by atoms with Crippen LogP contribution in [-0.4, -0.2) is 37.0 Å². The molecular weight excluding hydrogens is 348 g/mol. The van der Waals surface area contributed by atoms with Crippen LogP contribution in [0.5, 0.6) is 5.75 Å². The molecule has 2 aliphatic carbocycles. The molecule has 4 nitrogen and oxygen atoms in total. The van der Waals surface area contributed by atoms with Crippen molar-refractivity contribution in [1.82, 2.24) is 4.90 Å². The average Bonchev–Trinajstić information content (AvgIpc) is 2.72. The van der Waals surface area contributed by atoms with Crippen molar-refractivity contribution in [3.05, 3.63) is 29.8 Å². The number of hydrogen-bond acceptors (Lipinski definition) is 3. The lowest BCUT2D eigenvalue weighted by atomic mass is 9.65. The number of carbonyl (C=O) groups excluding carboxylic acids is 1. The highest BCUT2D eigenvalue weighted by Crippen LogP contribution is 2.42.